The SMILES string of the molecule is O=C1NC2(COC3(CCN(C(=O)Cc4ccccc4F)CC3)C2)Nc2ccc(Cl)cc21. The molecule has 3 heterocycles. The molecule has 3 aliphatic rings. The molecule has 2 saturated heterocycles. The van der Waals surface area contributed by atoms with Gasteiger partial charge in [0.1, 0.15) is 11.5 Å². The van der Waals surface area contributed by atoms with Crippen molar-refractivity contribution in [3.8, 4) is 0 Å². The van der Waals surface area contributed by atoms with Crippen LogP contribution >= 0.6 is 11.6 Å². The Balaban J connectivity index is 1.24. The zero-order valence-electron chi connectivity index (χ0n) is 16.9. The number of amides is 2. The molecule has 2 aromatic rings. The highest BCUT2D eigenvalue weighted by Crippen LogP contribution is 2.43. The first-order valence-electron chi connectivity index (χ1n) is 10.4. The van der Waals surface area contributed by atoms with E-state index in [2.05, 4.69) is 10.6 Å². The second-order valence-corrected chi connectivity index (χ2v) is 9.09. The Morgan fingerprint density at radius 2 is 1.94 bits per heavy atom. The van der Waals surface area contributed by atoms with Crippen LogP contribution in [0.25, 0.3) is 0 Å². The zero-order chi connectivity index (χ0) is 21.6. The van der Waals surface area contributed by atoms with Gasteiger partial charge in [0.25, 0.3) is 5.91 Å². The largest absolute Gasteiger partial charge is 0.370 e. The number of likely N-dealkylation sites (tertiary alicyclic amines) is 1. The van der Waals surface area contributed by atoms with E-state index in [9.17, 15) is 14.0 Å². The maximum absolute atomic E-state index is 13.9. The number of halogens is 2. The highest BCUT2D eigenvalue weighted by molar-refractivity contribution is 6.31. The molecule has 2 spiro atoms. The van der Waals surface area contributed by atoms with Crippen LogP contribution in [0.4, 0.5) is 10.1 Å². The van der Waals surface area contributed by atoms with Crippen LogP contribution in [0.2, 0.25) is 5.02 Å². The van der Waals surface area contributed by atoms with Gasteiger partial charge < -0.3 is 20.3 Å². The molecular formula is C23H23ClFN3O3. The lowest BCUT2D eigenvalue weighted by Gasteiger charge is -2.41. The standard InChI is InChI=1S/C23H23ClFN3O3/c24-16-5-6-19-17(12-16)21(30)27-23(26-19)13-22(31-14-23)7-9-28(10-8-22)20(29)11-15-3-1-2-4-18(15)25/h1-6,12,26H,7-11,13-14H2,(H,27,30). The second kappa shape index (κ2) is 7.50. The van der Waals surface area contributed by atoms with Gasteiger partial charge in [-0.1, -0.05) is 29.8 Å². The zero-order valence-corrected chi connectivity index (χ0v) is 17.7. The maximum Gasteiger partial charge on any atom is 0.255 e. The Morgan fingerprint density at radius 1 is 1.16 bits per heavy atom. The van der Waals surface area contributed by atoms with Crippen LogP contribution in [0, 0.1) is 5.82 Å². The fraction of sp³-hybridized carbons (Fsp3) is 0.391. The molecule has 1 unspecified atom stereocenters. The normalized spacial score (nSPS) is 24.1. The molecule has 2 fully saturated rings. The summed E-state index contributed by atoms with van der Waals surface area (Å²) >= 11 is 6.02. The molecule has 8 heteroatoms. The first kappa shape index (κ1) is 20.3. The number of benzene rings is 2. The summed E-state index contributed by atoms with van der Waals surface area (Å²) < 4.78 is 20.1. The van der Waals surface area contributed by atoms with E-state index >= 15 is 0 Å². The minimum Gasteiger partial charge on any atom is -0.370 e. The van der Waals surface area contributed by atoms with Crippen LogP contribution in [-0.4, -0.2) is 47.7 Å². The summed E-state index contributed by atoms with van der Waals surface area (Å²) in [6.45, 7) is 1.44. The number of rotatable bonds is 2. The number of piperidine rings is 1. The Bertz CT molecular complexity index is 1050. The van der Waals surface area contributed by atoms with Crippen LogP contribution in [0.1, 0.15) is 35.2 Å². The van der Waals surface area contributed by atoms with Gasteiger partial charge in [-0.05, 0) is 42.7 Å². The molecule has 3 aliphatic heterocycles. The number of nitrogens with one attached hydrogen (secondary N) is 2. The summed E-state index contributed by atoms with van der Waals surface area (Å²) in [5.74, 6) is -0.608. The minimum absolute atomic E-state index is 0.0570. The summed E-state index contributed by atoms with van der Waals surface area (Å²) in [6.07, 6.45) is 2.01. The van der Waals surface area contributed by atoms with Crippen LogP contribution in [0.5, 0.6) is 0 Å². The van der Waals surface area contributed by atoms with Crippen LogP contribution in [-0.2, 0) is 16.0 Å². The van der Waals surface area contributed by atoms with Crippen LogP contribution < -0.4 is 10.6 Å². The van der Waals surface area contributed by atoms with Gasteiger partial charge in [0.2, 0.25) is 5.91 Å². The lowest BCUT2D eigenvalue weighted by atomic mass is 9.84. The topological polar surface area (TPSA) is 70.7 Å². The first-order valence-corrected chi connectivity index (χ1v) is 10.8. The molecule has 31 heavy (non-hydrogen) atoms. The molecule has 162 valence electrons. The lowest BCUT2D eigenvalue weighted by molar-refractivity contribution is -0.135. The number of carbonyl (C=O) groups excluding carboxylic acids is 2. The van der Waals surface area contributed by atoms with E-state index in [1.165, 1.54) is 6.07 Å². The molecular weight excluding hydrogens is 421 g/mol. The average molecular weight is 444 g/mol. The molecule has 5 rings (SSSR count). The fourth-order valence-corrected chi connectivity index (χ4v) is 5.05. The van der Waals surface area contributed by atoms with Crippen molar-refractivity contribution in [2.45, 2.75) is 36.9 Å². The molecule has 0 aromatic heterocycles. The predicted octanol–water partition coefficient (Wildman–Crippen LogP) is 3.35. The Hall–Kier alpha value is -2.64. The number of carbonyl (C=O) groups is 2. The predicted molar refractivity (Wildman–Crippen MR) is 114 cm³/mol. The number of fused-ring (bicyclic) bond motifs is 1. The van der Waals surface area contributed by atoms with Gasteiger partial charge in [-0.25, -0.2) is 4.39 Å². The maximum atomic E-state index is 13.9. The van der Waals surface area contributed by atoms with Crippen LogP contribution in [0.3, 0.4) is 0 Å². The van der Waals surface area contributed by atoms with Crippen molar-refractivity contribution < 1.29 is 18.7 Å². The molecule has 2 amide bonds. The number of hydrogen-bond acceptors (Lipinski definition) is 4. The smallest absolute Gasteiger partial charge is 0.255 e. The Labute approximate surface area is 184 Å². The third kappa shape index (κ3) is 3.77. The van der Waals surface area contributed by atoms with E-state index in [0.717, 1.165) is 5.69 Å². The lowest BCUT2D eigenvalue weighted by Crippen LogP contribution is -2.59. The van der Waals surface area contributed by atoms with Crippen molar-refractivity contribution in [2.75, 3.05) is 25.0 Å². The Kier molecular flexibility index (Phi) is 4.90. The molecule has 0 radical (unpaired) electrons. The highest BCUT2D eigenvalue weighted by Gasteiger charge is 2.53. The number of ether oxygens (including phenoxy) is 1. The van der Waals surface area contributed by atoms with E-state index < -0.39 is 11.3 Å². The number of hydrogen-bond donors (Lipinski definition) is 2. The van der Waals surface area contributed by atoms with Crippen molar-refractivity contribution in [1.82, 2.24) is 10.2 Å². The molecule has 2 N–H and O–H groups in total. The average Bonchev–Trinajstić information content (AvgIpc) is 3.08. The molecule has 2 aromatic carbocycles. The molecule has 1 atom stereocenters. The van der Waals surface area contributed by atoms with Crippen molar-refractivity contribution in [3.63, 3.8) is 0 Å². The summed E-state index contributed by atoms with van der Waals surface area (Å²) in [5.41, 5.74) is 0.603. The quantitative estimate of drug-likeness (QED) is 0.746. The van der Waals surface area contributed by atoms with Gasteiger partial charge in [0.15, 0.2) is 0 Å². The van der Waals surface area contributed by atoms with Gasteiger partial charge in [-0.3, -0.25) is 9.59 Å². The summed E-state index contributed by atoms with van der Waals surface area (Å²) in [7, 11) is 0. The summed E-state index contributed by atoms with van der Waals surface area (Å²) in [5, 5.41) is 7.01. The van der Waals surface area contributed by atoms with E-state index in [-0.39, 0.29) is 24.1 Å². The molecule has 6 nitrogen and oxygen atoms in total. The fourth-order valence-electron chi connectivity index (χ4n) is 4.88. The highest BCUT2D eigenvalue weighted by atomic mass is 35.5. The van der Waals surface area contributed by atoms with E-state index in [4.69, 9.17) is 16.3 Å². The van der Waals surface area contributed by atoms with Crippen molar-refractivity contribution in [3.05, 3.63) is 64.4 Å². The van der Waals surface area contributed by atoms with Crippen molar-refractivity contribution >= 4 is 29.1 Å². The minimum atomic E-state index is -0.669. The van der Waals surface area contributed by atoms with Gasteiger partial charge in [-0.15, -0.1) is 0 Å². The Morgan fingerprint density at radius 3 is 2.71 bits per heavy atom. The van der Waals surface area contributed by atoms with E-state index in [0.29, 0.717) is 55.1 Å². The van der Waals surface area contributed by atoms with Gasteiger partial charge in [0, 0.05) is 30.2 Å². The second-order valence-electron chi connectivity index (χ2n) is 8.65. The van der Waals surface area contributed by atoms with Gasteiger partial charge in [0.05, 0.1) is 24.2 Å². The molecule has 0 aliphatic carbocycles. The third-order valence-electron chi connectivity index (χ3n) is 6.53. The number of anilines is 1. The van der Waals surface area contributed by atoms with E-state index in [1.54, 1.807) is 35.2 Å². The van der Waals surface area contributed by atoms with Crippen molar-refractivity contribution in [2.24, 2.45) is 0 Å². The van der Waals surface area contributed by atoms with Crippen LogP contribution in [0.15, 0.2) is 42.5 Å². The van der Waals surface area contributed by atoms with E-state index in [1.807, 2.05) is 6.07 Å². The monoisotopic (exact) mass is 443 g/mol. The third-order valence-corrected chi connectivity index (χ3v) is 6.76. The number of nitrogens with zero attached hydrogens (tertiary/aromatic N) is 1. The van der Waals surface area contributed by atoms with Gasteiger partial charge in [-0.2, -0.15) is 0 Å². The molecule has 0 bridgehead atoms. The van der Waals surface area contributed by atoms with Gasteiger partial charge >= 0.3 is 0 Å². The van der Waals surface area contributed by atoms with Crippen molar-refractivity contribution in [1.29, 1.82) is 0 Å². The summed E-state index contributed by atoms with van der Waals surface area (Å²) in [6, 6.07) is 11.6. The molecule has 0 saturated carbocycles. The first-order chi connectivity index (χ1) is 14.9. The summed E-state index contributed by atoms with van der Waals surface area (Å²) in [4.78, 5) is 27.1.